The van der Waals surface area contributed by atoms with Crippen molar-refractivity contribution in [2.45, 2.75) is 6.61 Å². The Morgan fingerprint density at radius 1 is 1.38 bits per heavy atom. The molecule has 0 aliphatic carbocycles. The first-order valence-corrected chi connectivity index (χ1v) is 6.95. The van der Waals surface area contributed by atoms with Crippen molar-refractivity contribution in [3.63, 3.8) is 0 Å². The summed E-state index contributed by atoms with van der Waals surface area (Å²) in [5.41, 5.74) is 7.41. The van der Waals surface area contributed by atoms with Crippen molar-refractivity contribution < 1.29 is 13.9 Å². The highest BCUT2D eigenvalue weighted by molar-refractivity contribution is 9.10. The van der Waals surface area contributed by atoms with E-state index < -0.39 is 11.7 Å². The van der Waals surface area contributed by atoms with Gasteiger partial charge in [-0.25, -0.2) is 4.39 Å². The number of carbonyl (C=O) groups excluding carboxylic acids is 1. The zero-order valence-corrected chi connectivity index (χ0v) is 12.9. The summed E-state index contributed by atoms with van der Waals surface area (Å²) in [7, 11) is 1.57. The van der Waals surface area contributed by atoms with Gasteiger partial charge in [0.05, 0.1) is 12.2 Å². The molecule has 0 bridgehead atoms. The normalized spacial score (nSPS) is 10.4. The fourth-order valence-electron chi connectivity index (χ4n) is 1.90. The van der Waals surface area contributed by atoms with Gasteiger partial charge in [0.1, 0.15) is 5.82 Å². The number of halogens is 2. The number of benzene rings is 2. The molecule has 2 rings (SSSR count). The summed E-state index contributed by atoms with van der Waals surface area (Å²) in [6.45, 7) is 0.343. The smallest absolute Gasteiger partial charge is 0.257 e. The SMILES string of the molecule is COCc1c(Br)cccc1NC(=O)c1ccc(F)cc1N. The van der Waals surface area contributed by atoms with Gasteiger partial charge >= 0.3 is 0 Å². The Bertz CT molecular complexity index is 677. The largest absolute Gasteiger partial charge is 0.398 e. The maximum Gasteiger partial charge on any atom is 0.257 e. The standard InChI is InChI=1S/C15H14BrFN2O2/c1-21-8-11-12(16)3-2-4-14(11)19-15(20)10-6-5-9(17)7-13(10)18/h2-7H,8,18H2,1H3,(H,19,20). The number of hydrogen-bond acceptors (Lipinski definition) is 3. The van der Waals surface area contributed by atoms with Crippen LogP contribution in [0.4, 0.5) is 15.8 Å². The first-order chi connectivity index (χ1) is 10.0. The first kappa shape index (κ1) is 15.5. The molecule has 2 aromatic rings. The molecular formula is C15H14BrFN2O2. The van der Waals surface area contributed by atoms with Crippen LogP contribution in [-0.4, -0.2) is 13.0 Å². The van der Waals surface area contributed by atoms with Crippen molar-refractivity contribution in [3.05, 3.63) is 57.8 Å². The van der Waals surface area contributed by atoms with E-state index in [1.165, 1.54) is 12.1 Å². The van der Waals surface area contributed by atoms with Crippen molar-refractivity contribution in [1.82, 2.24) is 0 Å². The lowest BCUT2D eigenvalue weighted by Crippen LogP contribution is -2.15. The Balaban J connectivity index is 2.29. The van der Waals surface area contributed by atoms with E-state index in [1.807, 2.05) is 6.07 Å². The van der Waals surface area contributed by atoms with Crippen LogP contribution in [0.3, 0.4) is 0 Å². The number of nitrogens with one attached hydrogen (secondary N) is 1. The second-order valence-corrected chi connectivity index (χ2v) is 5.24. The van der Waals surface area contributed by atoms with Crippen molar-refractivity contribution in [2.75, 3.05) is 18.2 Å². The molecule has 0 saturated carbocycles. The van der Waals surface area contributed by atoms with Gasteiger partial charge < -0.3 is 15.8 Å². The number of ether oxygens (including phenoxy) is 1. The van der Waals surface area contributed by atoms with Gasteiger partial charge in [-0.2, -0.15) is 0 Å². The number of nitrogens with two attached hydrogens (primary N) is 1. The molecule has 0 fully saturated rings. The second kappa shape index (κ2) is 6.69. The summed E-state index contributed by atoms with van der Waals surface area (Å²) in [5, 5.41) is 2.76. The van der Waals surface area contributed by atoms with Crippen molar-refractivity contribution in [1.29, 1.82) is 0 Å². The van der Waals surface area contributed by atoms with E-state index in [0.717, 1.165) is 16.1 Å². The number of rotatable bonds is 4. The van der Waals surface area contributed by atoms with Crippen LogP contribution in [0, 0.1) is 5.82 Å². The highest BCUT2D eigenvalue weighted by atomic mass is 79.9. The topological polar surface area (TPSA) is 64.3 Å². The van der Waals surface area contributed by atoms with Gasteiger partial charge in [0.25, 0.3) is 5.91 Å². The van der Waals surface area contributed by atoms with E-state index in [1.54, 1.807) is 19.2 Å². The summed E-state index contributed by atoms with van der Waals surface area (Å²) in [6, 6.07) is 9.09. The lowest BCUT2D eigenvalue weighted by molar-refractivity contribution is 0.102. The minimum atomic E-state index is -0.480. The number of anilines is 2. The number of hydrogen-bond donors (Lipinski definition) is 2. The van der Waals surface area contributed by atoms with Crippen LogP contribution in [0.2, 0.25) is 0 Å². The lowest BCUT2D eigenvalue weighted by atomic mass is 10.1. The molecule has 0 saturated heterocycles. The fourth-order valence-corrected chi connectivity index (χ4v) is 2.38. The van der Waals surface area contributed by atoms with E-state index in [4.69, 9.17) is 10.5 Å². The molecule has 3 N–H and O–H groups in total. The molecule has 0 heterocycles. The third-order valence-corrected chi connectivity index (χ3v) is 3.66. The molecule has 0 unspecified atom stereocenters. The maximum absolute atomic E-state index is 13.0. The highest BCUT2D eigenvalue weighted by Crippen LogP contribution is 2.26. The van der Waals surface area contributed by atoms with Crippen molar-refractivity contribution in [3.8, 4) is 0 Å². The molecule has 110 valence electrons. The number of carbonyl (C=O) groups is 1. The van der Waals surface area contributed by atoms with Crippen LogP contribution in [0.25, 0.3) is 0 Å². The van der Waals surface area contributed by atoms with Gasteiger partial charge in [-0.15, -0.1) is 0 Å². The Morgan fingerprint density at radius 3 is 2.81 bits per heavy atom. The van der Waals surface area contributed by atoms with Gasteiger partial charge in [0.2, 0.25) is 0 Å². The molecule has 0 aliphatic rings. The van der Waals surface area contributed by atoms with E-state index in [9.17, 15) is 9.18 Å². The zero-order chi connectivity index (χ0) is 15.4. The van der Waals surface area contributed by atoms with Crippen LogP contribution < -0.4 is 11.1 Å². The Morgan fingerprint density at radius 2 is 2.14 bits per heavy atom. The zero-order valence-electron chi connectivity index (χ0n) is 11.3. The Labute approximate surface area is 130 Å². The summed E-state index contributed by atoms with van der Waals surface area (Å²) in [5.74, 6) is -0.880. The summed E-state index contributed by atoms with van der Waals surface area (Å²) in [6.07, 6.45) is 0. The molecule has 2 aromatic carbocycles. The second-order valence-electron chi connectivity index (χ2n) is 4.38. The number of nitrogen functional groups attached to an aromatic ring is 1. The quantitative estimate of drug-likeness (QED) is 0.826. The Hall–Kier alpha value is -1.92. The summed E-state index contributed by atoms with van der Waals surface area (Å²) >= 11 is 3.41. The molecule has 4 nitrogen and oxygen atoms in total. The highest BCUT2D eigenvalue weighted by Gasteiger charge is 2.14. The lowest BCUT2D eigenvalue weighted by Gasteiger charge is -2.13. The van der Waals surface area contributed by atoms with Gasteiger partial charge in [-0.05, 0) is 30.3 Å². The monoisotopic (exact) mass is 352 g/mol. The molecule has 0 aromatic heterocycles. The average molecular weight is 353 g/mol. The molecule has 21 heavy (non-hydrogen) atoms. The van der Waals surface area contributed by atoms with Crippen molar-refractivity contribution >= 4 is 33.2 Å². The van der Waals surface area contributed by atoms with Crippen LogP contribution in [0.1, 0.15) is 15.9 Å². The van der Waals surface area contributed by atoms with Crippen molar-refractivity contribution in [2.24, 2.45) is 0 Å². The first-order valence-electron chi connectivity index (χ1n) is 6.15. The fraction of sp³-hybridized carbons (Fsp3) is 0.133. The number of amides is 1. The van der Waals surface area contributed by atoms with Crippen LogP contribution >= 0.6 is 15.9 Å². The average Bonchev–Trinajstić information content (AvgIpc) is 2.42. The predicted octanol–water partition coefficient (Wildman–Crippen LogP) is 3.57. The maximum atomic E-state index is 13.0. The van der Waals surface area contributed by atoms with Gasteiger partial charge in [0, 0.05) is 28.5 Å². The van der Waals surface area contributed by atoms with Gasteiger partial charge in [0.15, 0.2) is 0 Å². The molecule has 6 heteroatoms. The third-order valence-electron chi connectivity index (χ3n) is 2.91. The van der Waals surface area contributed by atoms with Gasteiger partial charge in [-0.1, -0.05) is 22.0 Å². The molecule has 1 amide bonds. The third kappa shape index (κ3) is 3.59. The summed E-state index contributed by atoms with van der Waals surface area (Å²) in [4.78, 5) is 12.2. The van der Waals surface area contributed by atoms with E-state index in [0.29, 0.717) is 12.3 Å². The van der Waals surface area contributed by atoms with Crippen LogP contribution in [0.15, 0.2) is 40.9 Å². The molecule has 0 atom stereocenters. The molecule has 0 radical (unpaired) electrons. The minimum absolute atomic E-state index is 0.0933. The van der Waals surface area contributed by atoms with E-state index in [2.05, 4.69) is 21.2 Å². The number of methoxy groups -OCH3 is 1. The molecule has 0 spiro atoms. The van der Waals surface area contributed by atoms with Crippen LogP contribution in [-0.2, 0) is 11.3 Å². The van der Waals surface area contributed by atoms with E-state index >= 15 is 0 Å². The van der Waals surface area contributed by atoms with Crippen LogP contribution in [0.5, 0.6) is 0 Å². The minimum Gasteiger partial charge on any atom is -0.398 e. The van der Waals surface area contributed by atoms with E-state index in [-0.39, 0.29) is 11.3 Å². The molecule has 0 aliphatic heterocycles. The predicted molar refractivity (Wildman–Crippen MR) is 83.6 cm³/mol. The summed E-state index contributed by atoms with van der Waals surface area (Å²) < 4.78 is 19.0. The Kier molecular flexibility index (Phi) is 4.93. The molecular weight excluding hydrogens is 339 g/mol. The van der Waals surface area contributed by atoms with Gasteiger partial charge in [-0.3, -0.25) is 4.79 Å².